The van der Waals surface area contributed by atoms with E-state index in [2.05, 4.69) is 6.92 Å². The van der Waals surface area contributed by atoms with Gasteiger partial charge < -0.3 is 19.6 Å². The summed E-state index contributed by atoms with van der Waals surface area (Å²) in [7, 11) is 0. The van der Waals surface area contributed by atoms with Crippen molar-refractivity contribution in [2.75, 3.05) is 18.0 Å². The molecule has 2 aliphatic heterocycles. The average Bonchev–Trinajstić information content (AvgIpc) is 3.66. The number of likely N-dealkylation sites (tertiary alicyclic amines) is 1. The molecule has 1 aliphatic carbocycles. The Balaban J connectivity index is 1.37. The molecule has 0 spiro atoms. The Morgan fingerprint density at radius 3 is 2.41 bits per heavy atom. The number of benzene rings is 2. The van der Waals surface area contributed by atoms with Gasteiger partial charge in [-0.2, -0.15) is 5.10 Å². The van der Waals surface area contributed by atoms with Crippen molar-refractivity contribution in [1.82, 2.24) is 14.7 Å². The van der Waals surface area contributed by atoms with Crippen molar-refractivity contribution in [2.45, 2.75) is 57.4 Å². The number of carbonyl (C=O) groups excluding carboxylic acids is 1. The summed E-state index contributed by atoms with van der Waals surface area (Å²) in [4.78, 5) is 28.0. The Kier molecular flexibility index (Phi) is 6.10. The van der Waals surface area contributed by atoms with Crippen molar-refractivity contribution in [1.29, 1.82) is 0 Å². The molecule has 37 heavy (non-hydrogen) atoms. The monoisotopic (exact) mass is 500 g/mol. The van der Waals surface area contributed by atoms with Crippen LogP contribution in [0.5, 0.6) is 11.5 Å². The van der Waals surface area contributed by atoms with Gasteiger partial charge in [0, 0.05) is 36.8 Å². The summed E-state index contributed by atoms with van der Waals surface area (Å²) in [6.07, 6.45) is 8.30. The first-order valence-electron chi connectivity index (χ1n) is 13.2. The number of carboxylic acid groups (broad SMARTS) is 1. The Morgan fingerprint density at radius 1 is 0.973 bits per heavy atom. The van der Waals surface area contributed by atoms with E-state index in [1.165, 1.54) is 4.90 Å². The number of fused-ring (bicyclic) bond motifs is 1. The summed E-state index contributed by atoms with van der Waals surface area (Å²) >= 11 is 0. The summed E-state index contributed by atoms with van der Waals surface area (Å²) < 4.78 is 8.39. The lowest BCUT2D eigenvalue weighted by Crippen LogP contribution is -2.43. The quantitative estimate of drug-likeness (QED) is 0.493. The lowest BCUT2D eigenvalue weighted by Gasteiger charge is -2.36. The lowest BCUT2D eigenvalue weighted by molar-refractivity contribution is -0.120. The molecule has 3 aliphatic rings. The van der Waals surface area contributed by atoms with E-state index in [1.807, 2.05) is 64.4 Å². The third-order valence-electron chi connectivity index (χ3n) is 7.94. The second kappa shape index (κ2) is 9.57. The Bertz CT molecular complexity index is 1310. The van der Waals surface area contributed by atoms with Crippen LogP contribution in [0.2, 0.25) is 0 Å². The first kappa shape index (κ1) is 23.6. The Hall–Kier alpha value is -3.81. The van der Waals surface area contributed by atoms with Crippen molar-refractivity contribution >= 4 is 17.7 Å². The maximum absolute atomic E-state index is 13.2. The van der Waals surface area contributed by atoms with Crippen molar-refractivity contribution in [3.8, 4) is 17.2 Å². The molecule has 6 rings (SSSR count). The molecule has 8 heteroatoms. The second-order valence-corrected chi connectivity index (χ2v) is 10.5. The highest BCUT2D eigenvalue weighted by molar-refractivity contribution is 5.98. The molecule has 1 aromatic heterocycles. The maximum Gasteiger partial charge on any atom is 0.407 e. The summed E-state index contributed by atoms with van der Waals surface area (Å²) in [6, 6.07) is 13.9. The first-order valence-corrected chi connectivity index (χ1v) is 13.2. The molecule has 0 bridgehead atoms. The summed E-state index contributed by atoms with van der Waals surface area (Å²) in [5.74, 6) is 2.12. The number of aromatic nitrogens is 2. The van der Waals surface area contributed by atoms with Gasteiger partial charge in [0.25, 0.3) is 0 Å². The lowest BCUT2D eigenvalue weighted by atomic mass is 9.92. The zero-order valence-corrected chi connectivity index (χ0v) is 21.0. The van der Waals surface area contributed by atoms with Gasteiger partial charge in [0.2, 0.25) is 5.91 Å². The molecule has 3 heterocycles. The smallest absolute Gasteiger partial charge is 0.407 e. The molecule has 0 radical (unpaired) electrons. The summed E-state index contributed by atoms with van der Waals surface area (Å²) in [6.45, 7) is 3.20. The number of anilines is 1. The topological polar surface area (TPSA) is 87.9 Å². The van der Waals surface area contributed by atoms with Crippen LogP contribution in [0.4, 0.5) is 10.5 Å². The maximum atomic E-state index is 13.2. The Morgan fingerprint density at radius 2 is 1.70 bits per heavy atom. The van der Waals surface area contributed by atoms with Gasteiger partial charge in [-0.05, 0) is 81.2 Å². The van der Waals surface area contributed by atoms with E-state index in [9.17, 15) is 14.7 Å². The van der Waals surface area contributed by atoms with Gasteiger partial charge in [-0.15, -0.1) is 0 Å². The molecular weight excluding hydrogens is 468 g/mol. The zero-order valence-electron chi connectivity index (χ0n) is 21.0. The van der Waals surface area contributed by atoms with Crippen LogP contribution in [-0.2, 0) is 11.2 Å². The van der Waals surface area contributed by atoms with Crippen LogP contribution < -0.4 is 9.64 Å². The summed E-state index contributed by atoms with van der Waals surface area (Å²) in [5.41, 5.74) is 3.93. The first-order chi connectivity index (χ1) is 18.0. The van der Waals surface area contributed by atoms with E-state index in [4.69, 9.17) is 9.84 Å². The van der Waals surface area contributed by atoms with Gasteiger partial charge in [-0.25, -0.2) is 9.48 Å². The molecular formula is C29H32N4O4. The highest BCUT2D eigenvalue weighted by atomic mass is 16.5. The minimum Gasteiger partial charge on any atom is -0.465 e. The molecule has 1 saturated carbocycles. The third-order valence-corrected chi connectivity index (χ3v) is 7.94. The highest BCUT2D eigenvalue weighted by Gasteiger charge is 2.39. The largest absolute Gasteiger partial charge is 0.465 e. The number of piperidine rings is 1. The number of nitrogens with zero attached hydrogens (tertiary/aromatic N) is 4. The molecule has 8 nitrogen and oxygen atoms in total. The molecule has 1 N–H and O–H groups in total. The minimum atomic E-state index is -0.852. The van der Waals surface area contributed by atoms with Crippen molar-refractivity contribution in [2.24, 2.45) is 5.92 Å². The molecule has 1 saturated heterocycles. The number of rotatable bonds is 5. The van der Waals surface area contributed by atoms with Gasteiger partial charge in [0.15, 0.2) is 5.75 Å². The SMILES string of the molecule is CC1CCc2c(ccc(-n3cc(C4CCN(C(=O)O)CC4)cn3)c2Oc2ccccc2)N1C(=O)C1CC1. The van der Waals surface area contributed by atoms with Crippen LogP contribution in [0.15, 0.2) is 54.9 Å². The van der Waals surface area contributed by atoms with Gasteiger partial charge in [0.1, 0.15) is 11.4 Å². The van der Waals surface area contributed by atoms with Crippen LogP contribution in [0.3, 0.4) is 0 Å². The van der Waals surface area contributed by atoms with E-state index >= 15 is 0 Å². The minimum absolute atomic E-state index is 0.146. The molecule has 2 aromatic carbocycles. The van der Waals surface area contributed by atoms with Crippen molar-refractivity contribution < 1.29 is 19.4 Å². The predicted octanol–water partition coefficient (Wildman–Crippen LogP) is 5.60. The van der Waals surface area contributed by atoms with E-state index < -0.39 is 6.09 Å². The van der Waals surface area contributed by atoms with Crippen LogP contribution in [0, 0.1) is 5.92 Å². The molecule has 2 fully saturated rings. The fourth-order valence-corrected chi connectivity index (χ4v) is 5.64. The van der Waals surface area contributed by atoms with Crippen molar-refractivity contribution in [3.05, 3.63) is 66.0 Å². The highest BCUT2D eigenvalue weighted by Crippen LogP contribution is 2.44. The number of hydrogen-bond acceptors (Lipinski definition) is 4. The van der Waals surface area contributed by atoms with Gasteiger partial charge in [-0.3, -0.25) is 4.79 Å². The molecule has 1 unspecified atom stereocenters. The zero-order chi connectivity index (χ0) is 25.5. The number of amides is 2. The molecule has 3 aromatic rings. The van der Waals surface area contributed by atoms with E-state index in [0.717, 1.165) is 72.5 Å². The molecule has 1 atom stereocenters. The van der Waals surface area contributed by atoms with Gasteiger partial charge >= 0.3 is 6.09 Å². The second-order valence-electron chi connectivity index (χ2n) is 10.5. The van der Waals surface area contributed by atoms with Crippen LogP contribution in [0.25, 0.3) is 5.69 Å². The van der Waals surface area contributed by atoms with E-state index in [1.54, 1.807) is 0 Å². The van der Waals surface area contributed by atoms with Gasteiger partial charge in [0.05, 0.1) is 11.9 Å². The van der Waals surface area contributed by atoms with Crippen LogP contribution >= 0.6 is 0 Å². The van der Waals surface area contributed by atoms with Crippen LogP contribution in [-0.4, -0.2) is 50.9 Å². The molecule has 192 valence electrons. The normalized spacial score (nSPS) is 20.0. The Labute approximate surface area is 216 Å². The number of para-hydroxylation sites is 1. The summed E-state index contributed by atoms with van der Waals surface area (Å²) in [5, 5.41) is 14.0. The average molecular weight is 501 g/mol. The third kappa shape index (κ3) is 4.56. The standard InChI is InChI=1S/C29H32N4O4/c1-19-7-10-24-25(33(19)28(34)21-8-9-21)11-12-26(27(24)37-23-5-3-2-4-6-23)32-18-22(17-30-32)20-13-15-31(16-14-20)29(35)36/h2-6,11-12,17-21H,7-10,13-16H2,1H3,(H,35,36). The number of ether oxygens (including phenoxy) is 1. The number of hydrogen-bond donors (Lipinski definition) is 1. The van der Waals surface area contributed by atoms with E-state index in [-0.39, 0.29) is 23.8 Å². The van der Waals surface area contributed by atoms with E-state index in [0.29, 0.717) is 13.1 Å². The van der Waals surface area contributed by atoms with Gasteiger partial charge in [-0.1, -0.05) is 18.2 Å². The van der Waals surface area contributed by atoms with Crippen molar-refractivity contribution in [3.63, 3.8) is 0 Å². The fraction of sp³-hybridized carbons (Fsp3) is 0.414. The predicted molar refractivity (Wildman–Crippen MR) is 140 cm³/mol. The molecule has 2 amide bonds. The van der Waals surface area contributed by atoms with Crippen LogP contribution in [0.1, 0.15) is 56.1 Å². The fourth-order valence-electron chi connectivity index (χ4n) is 5.64. The number of carbonyl (C=O) groups is 2.